The van der Waals surface area contributed by atoms with Crippen molar-refractivity contribution in [3.63, 3.8) is 0 Å². The standard InChI is InChI=1S/C31H29FN6O4/c32-21-5-7-22(8-6-21)38(29(40)31(14-15-31)28(33)39)23-9-11-24(12-10-23)42-27-13-16-34-30(36-27)35-25-3-1-2-4-26(25)37-17-19-41-20-18-37/h1-13,16H,14-15,17-20H2,(H2,33,39)(H,34,35,36). The van der Waals surface area contributed by atoms with Gasteiger partial charge in [0.2, 0.25) is 23.6 Å². The van der Waals surface area contributed by atoms with E-state index in [1.54, 1.807) is 36.5 Å². The Morgan fingerprint density at radius 1 is 0.952 bits per heavy atom. The maximum Gasteiger partial charge on any atom is 0.247 e. The van der Waals surface area contributed by atoms with Crippen LogP contribution < -0.4 is 25.6 Å². The van der Waals surface area contributed by atoms with Gasteiger partial charge >= 0.3 is 0 Å². The Kier molecular flexibility index (Phi) is 7.41. The highest BCUT2D eigenvalue weighted by Crippen LogP contribution is 2.49. The van der Waals surface area contributed by atoms with E-state index in [0.29, 0.717) is 55.0 Å². The molecule has 0 spiro atoms. The lowest BCUT2D eigenvalue weighted by molar-refractivity contribution is -0.133. The molecule has 0 bridgehead atoms. The van der Waals surface area contributed by atoms with E-state index in [4.69, 9.17) is 15.2 Å². The highest BCUT2D eigenvalue weighted by molar-refractivity contribution is 6.16. The van der Waals surface area contributed by atoms with Crippen molar-refractivity contribution >= 4 is 40.5 Å². The molecule has 10 nitrogen and oxygen atoms in total. The first-order valence-corrected chi connectivity index (χ1v) is 13.6. The molecule has 1 aliphatic carbocycles. The molecule has 1 aliphatic heterocycles. The summed E-state index contributed by atoms with van der Waals surface area (Å²) in [5.41, 5.74) is 7.14. The van der Waals surface area contributed by atoms with Crippen molar-refractivity contribution in [3.8, 4) is 11.6 Å². The van der Waals surface area contributed by atoms with Crippen molar-refractivity contribution in [3.05, 3.63) is 90.9 Å². The molecule has 2 fully saturated rings. The molecule has 3 aromatic carbocycles. The van der Waals surface area contributed by atoms with Gasteiger partial charge in [0.25, 0.3) is 0 Å². The van der Waals surface area contributed by atoms with E-state index < -0.39 is 23.0 Å². The van der Waals surface area contributed by atoms with Gasteiger partial charge in [-0.25, -0.2) is 9.37 Å². The number of primary amides is 1. The second-order valence-electron chi connectivity index (χ2n) is 10.1. The molecular formula is C31H29FN6O4. The number of para-hydroxylation sites is 2. The van der Waals surface area contributed by atoms with Crippen molar-refractivity contribution in [2.75, 3.05) is 41.4 Å². The molecular weight excluding hydrogens is 539 g/mol. The van der Waals surface area contributed by atoms with E-state index in [0.717, 1.165) is 24.5 Å². The lowest BCUT2D eigenvalue weighted by Crippen LogP contribution is -2.41. The quantitative estimate of drug-likeness (QED) is 0.273. The van der Waals surface area contributed by atoms with Gasteiger partial charge in [-0.1, -0.05) is 12.1 Å². The molecule has 11 heteroatoms. The van der Waals surface area contributed by atoms with Crippen molar-refractivity contribution < 1.29 is 23.5 Å². The number of carbonyl (C=O) groups excluding carboxylic acids is 2. The number of ether oxygens (including phenoxy) is 2. The smallest absolute Gasteiger partial charge is 0.247 e. The van der Waals surface area contributed by atoms with Crippen LogP contribution in [-0.4, -0.2) is 48.1 Å². The molecule has 3 N–H and O–H groups in total. The molecule has 6 rings (SSSR count). The normalized spacial score (nSPS) is 15.5. The monoisotopic (exact) mass is 568 g/mol. The highest BCUT2D eigenvalue weighted by atomic mass is 19.1. The lowest BCUT2D eigenvalue weighted by atomic mass is 10.0. The third-order valence-electron chi connectivity index (χ3n) is 7.37. The van der Waals surface area contributed by atoms with E-state index in [1.807, 2.05) is 24.3 Å². The largest absolute Gasteiger partial charge is 0.439 e. The van der Waals surface area contributed by atoms with Crippen molar-refractivity contribution in [2.45, 2.75) is 12.8 Å². The molecule has 2 amide bonds. The van der Waals surface area contributed by atoms with Gasteiger partial charge in [0.05, 0.1) is 24.6 Å². The maximum absolute atomic E-state index is 13.6. The summed E-state index contributed by atoms with van der Waals surface area (Å²) in [5.74, 6) is -0.381. The molecule has 1 saturated heterocycles. The number of halogens is 1. The van der Waals surface area contributed by atoms with Crippen LogP contribution in [0.15, 0.2) is 85.1 Å². The Morgan fingerprint density at radius 3 is 2.29 bits per heavy atom. The minimum atomic E-state index is -1.26. The summed E-state index contributed by atoms with van der Waals surface area (Å²) >= 11 is 0. The number of nitrogens with one attached hydrogen (secondary N) is 1. The third-order valence-corrected chi connectivity index (χ3v) is 7.37. The molecule has 1 saturated carbocycles. The summed E-state index contributed by atoms with van der Waals surface area (Å²) in [6.45, 7) is 2.95. The Balaban J connectivity index is 1.20. The van der Waals surface area contributed by atoms with Crippen LogP contribution in [0.5, 0.6) is 11.6 Å². The Bertz CT molecular complexity index is 1590. The Morgan fingerprint density at radius 2 is 1.62 bits per heavy atom. The number of carbonyl (C=O) groups is 2. The molecule has 4 aromatic rings. The van der Waals surface area contributed by atoms with E-state index in [2.05, 4.69) is 20.2 Å². The minimum absolute atomic E-state index is 0.321. The molecule has 1 aromatic heterocycles. The van der Waals surface area contributed by atoms with Crippen molar-refractivity contribution in [2.24, 2.45) is 11.1 Å². The number of hydrogen-bond donors (Lipinski definition) is 2. The molecule has 214 valence electrons. The van der Waals surface area contributed by atoms with Crippen LogP contribution in [-0.2, 0) is 14.3 Å². The van der Waals surface area contributed by atoms with Gasteiger partial charge in [-0.05, 0) is 73.5 Å². The fourth-order valence-corrected chi connectivity index (χ4v) is 4.90. The average Bonchev–Trinajstić information content (AvgIpc) is 3.83. The third kappa shape index (κ3) is 5.59. The predicted molar refractivity (Wildman–Crippen MR) is 156 cm³/mol. The number of aromatic nitrogens is 2. The molecule has 0 atom stereocenters. The van der Waals surface area contributed by atoms with Crippen LogP contribution in [0.1, 0.15) is 12.8 Å². The SMILES string of the molecule is NC(=O)C1(C(=O)N(c2ccc(F)cc2)c2ccc(Oc3ccnc(Nc4ccccc4N4CCOCC4)n3)cc2)CC1. The molecule has 0 unspecified atom stereocenters. The van der Waals surface area contributed by atoms with Crippen LogP contribution >= 0.6 is 0 Å². The van der Waals surface area contributed by atoms with Crippen LogP contribution in [0, 0.1) is 11.2 Å². The van der Waals surface area contributed by atoms with Gasteiger partial charge in [-0.2, -0.15) is 4.98 Å². The van der Waals surface area contributed by atoms with Crippen LogP contribution in [0.4, 0.5) is 33.1 Å². The highest BCUT2D eigenvalue weighted by Gasteiger charge is 2.57. The van der Waals surface area contributed by atoms with Gasteiger partial charge in [-0.3, -0.25) is 14.5 Å². The van der Waals surface area contributed by atoms with Gasteiger partial charge < -0.3 is 25.4 Å². The zero-order valence-corrected chi connectivity index (χ0v) is 22.7. The molecule has 42 heavy (non-hydrogen) atoms. The number of nitrogens with zero attached hydrogens (tertiary/aromatic N) is 4. The Labute approximate surface area is 241 Å². The predicted octanol–water partition coefficient (Wildman–Crippen LogP) is 4.92. The number of nitrogens with two attached hydrogens (primary N) is 1. The first-order valence-electron chi connectivity index (χ1n) is 13.6. The van der Waals surface area contributed by atoms with E-state index in [-0.39, 0.29) is 0 Å². The summed E-state index contributed by atoms with van der Waals surface area (Å²) in [5, 5.41) is 3.29. The average molecular weight is 569 g/mol. The summed E-state index contributed by atoms with van der Waals surface area (Å²) < 4.78 is 25.1. The van der Waals surface area contributed by atoms with Gasteiger partial charge in [0, 0.05) is 36.7 Å². The van der Waals surface area contributed by atoms with Gasteiger partial charge in [-0.15, -0.1) is 0 Å². The number of morpholine rings is 1. The fraction of sp³-hybridized carbons (Fsp3) is 0.226. The number of benzene rings is 3. The van der Waals surface area contributed by atoms with Crippen LogP contribution in [0.25, 0.3) is 0 Å². The maximum atomic E-state index is 13.6. The van der Waals surface area contributed by atoms with E-state index in [1.165, 1.54) is 29.2 Å². The topological polar surface area (TPSA) is 123 Å². The second-order valence-corrected chi connectivity index (χ2v) is 10.1. The van der Waals surface area contributed by atoms with E-state index >= 15 is 0 Å². The second kappa shape index (κ2) is 11.5. The number of amides is 2. The number of rotatable bonds is 9. The molecule has 2 aliphatic rings. The van der Waals surface area contributed by atoms with Gasteiger partial charge in [0.1, 0.15) is 17.0 Å². The number of hydrogen-bond acceptors (Lipinski definition) is 8. The van der Waals surface area contributed by atoms with Crippen LogP contribution in [0.2, 0.25) is 0 Å². The fourth-order valence-electron chi connectivity index (χ4n) is 4.90. The van der Waals surface area contributed by atoms with E-state index in [9.17, 15) is 14.0 Å². The summed E-state index contributed by atoms with van der Waals surface area (Å²) in [6.07, 6.45) is 2.35. The summed E-state index contributed by atoms with van der Waals surface area (Å²) in [4.78, 5) is 38.1. The van der Waals surface area contributed by atoms with Crippen LogP contribution in [0.3, 0.4) is 0 Å². The number of anilines is 5. The van der Waals surface area contributed by atoms with Crippen molar-refractivity contribution in [1.29, 1.82) is 0 Å². The van der Waals surface area contributed by atoms with Gasteiger partial charge in [0.15, 0.2) is 0 Å². The molecule has 0 radical (unpaired) electrons. The first kappa shape index (κ1) is 27.2. The minimum Gasteiger partial charge on any atom is -0.439 e. The molecule has 2 heterocycles. The van der Waals surface area contributed by atoms with Crippen molar-refractivity contribution in [1.82, 2.24) is 9.97 Å². The summed E-state index contributed by atoms with van der Waals surface area (Å²) in [6, 6.07) is 21.8. The Hall–Kier alpha value is -5.03. The zero-order valence-electron chi connectivity index (χ0n) is 22.7. The summed E-state index contributed by atoms with van der Waals surface area (Å²) in [7, 11) is 0. The lowest BCUT2D eigenvalue weighted by Gasteiger charge is -2.30. The zero-order chi connectivity index (χ0) is 29.1. The first-order chi connectivity index (χ1) is 20.4.